The van der Waals surface area contributed by atoms with Gasteiger partial charge in [0.15, 0.2) is 0 Å². The molecule has 0 spiro atoms. The summed E-state index contributed by atoms with van der Waals surface area (Å²) < 4.78 is 13.6. The molecule has 0 radical (unpaired) electrons. The molecule has 1 aromatic heterocycles. The summed E-state index contributed by atoms with van der Waals surface area (Å²) in [5.41, 5.74) is 2.72. The Kier molecular flexibility index (Phi) is 6.99. The maximum Gasteiger partial charge on any atom is 0.322 e. The zero-order chi connectivity index (χ0) is 26.6. The fourth-order valence-electron chi connectivity index (χ4n) is 4.83. The maximum atomic E-state index is 14.0. The van der Waals surface area contributed by atoms with Crippen molar-refractivity contribution in [2.75, 3.05) is 13.1 Å². The van der Waals surface area contributed by atoms with E-state index in [1.807, 2.05) is 12.1 Å². The van der Waals surface area contributed by atoms with E-state index in [1.165, 1.54) is 34.1 Å². The average Bonchev–Trinajstić information content (AvgIpc) is 3.27. The first-order chi connectivity index (χ1) is 18.5. The predicted octanol–water partition coefficient (Wildman–Crippen LogP) is 3.63. The number of carbonyl (C=O) groups is 3. The van der Waals surface area contributed by atoms with Crippen LogP contribution in [-0.2, 0) is 16.1 Å². The molecule has 3 heterocycles. The van der Waals surface area contributed by atoms with E-state index in [1.54, 1.807) is 48.7 Å². The topological polar surface area (TPSA) is 94.6 Å². The highest BCUT2D eigenvalue weighted by Crippen LogP contribution is 2.39. The van der Waals surface area contributed by atoms with Crippen LogP contribution in [0.3, 0.4) is 0 Å². The Bertz CT molecular complexity index is 1390. The van der Waals surface area contributed by atoms with Gasteiger partial charge in [-0.15, -0.1) is 6.58 Å². The molecule has 0 fully saturated rings. The molecule has 0 aliphatic carbocycles. The highest BCUT2D eigenvalue weighted by atomic mass is 19.1. The van der Waals surface area contributed by atoms with Crippen LogP contribution in [0.25, 0.3) is 0 Å². The molecular weight excluding hydrogens is 485 g/mol. The van der Waals surface area contributed by atoms with Crippen LogP contribution < -0.4 is 10.6 Å². The van der Waals surface area contributed by atoms with Gasteiger partial charge in [0.1, 0.15) is 11.9 Å². The van der Waals surface area contributed by atoms with E-state index in [4.69, 9.17) is 0 Å². The second-order valence-corrected chi connectivity index (χ2v) is 8.98. The molecule has 9 heteroatoms. The van der Waals surface area contributed by atoms with Crippen molar-refractivity contribution in [3.05, 3.63) is 126 Å². The molecule has 0 bridgehead atoms. The van der Waals surface area contributed by atoms with E-state index in [9.17, 15) is 18.8 Å². The third-order valence-corrected chi connectivity index (χ3v) is 6.61. The molecule has 2 atom stereocenters. The lowest BCUT2D eigenvalue weighted by atomic mass is 9.95. The molecule has 0 saturated heterocycles. The lowest BCUT2D eigenvalue weighted by Gasteiger charge is -2.33. The van der Waals surface area contributed by atoms with E-state index < -0.39 is 23.9 Å². The molecule has 8 nitrogen and oxygen atoms in total. The quantitative estimate of drug-likeness (QED) is 0.452. The van der Waals surface area contributed by atoms with E-state index in [2.05, 4.69) is 22.2 Å². The first-order valence-electron chi connectivity index (χ1n) is 12.2. The molecule has 192 valence electrons. The summed E-state index contributed by atoms with van der Waals surface area (Å²) in [4.78, 5) is 47.9. The minimum absolute atomic E-state index is 0.0453. The Labute approximate surface area is 219 Å². The Balaban J connectivity index is 1.51. The summed E-state index contributed by atoms with van der Waals surface area (Å²) in [5.74, 6) is -1.18. The van der Waals surface area contributed by atoms with Gasteiger partial charge in [0.05, 0.1) is 36.1 Å². The Morgan fingerprint density at radius 1 is 1.11 bits per heavy atom. The van der Waals surface area contributed by atoms with Crippen LogP contribution in [-0.4, -0.2) is 45.7 Å². The van der Waals surface area contributed by atoms with Crippen LogP contribution in [0.2, 0.25) is 0 Å². The van der Waals surface area contributed by atoms with Gasteiger partial charge in [0.2, 0.25) is 5.91 Å². The first-order valence-corrected chi connectivity index (χ1v) is 12.2. The van der Waals surface area contributed by atoms with Crippen LogP contribution in [0.15, 0.2) is 103 Å². The molecule has 0 saturated carbocycles. The summed E-state index contributed by atoms with van der Waals surface area (Å²) in [6.45, 7) is 4.16. The number of urea groups is 1. The van der Waals surface area contributed by atoms with Gasteiger partial charge in [-0.05, 0) is 35.4 Å². The van der Waals surface area contributed by atoms with Crippen molar-refractivity contribution in [2.24, 2.45) is 0 Å². The van der Waals surface area contributed by atoms with Gasteiger partial charge >= 0.3 is 6.03 Å². The molecule has 2 aliphatic heterocycles. The van der Waals surface area contributed by atoms with Crippen LogP contribution in [0.4, 0.5) is 9.18 Å². The van der Waals surface area contributed by atoms with E-state index in [0.29, 0.717) is 28.1 Å². The Morgan fingerprint density at radius 3 is 2.53 bits per heavy atom. The number of amides is 4. The van der Waals surface area contributed by atoms with E-state index in [-0.39, 0.29) is 31.4 Å². The second-order valence-electron chi connectivity index (χ2n) is 8.98. The number of pyridine rings is 1. The number of carbonyl (C=O) groups excluding carboxylic acids is 3. The number of aromatic nitrogens is 1. The van der Waals surface area contributed by atoms with Crippen LogP contribution in [0.5, 0.6) is 0 Å². The molecule has 4 amide bonds. The standard InChI is InChI=1S/C29H26FN5O3/c1-2-16-34-23-18-35(28(37)24(23)25(33-29(34)38)19-11-13-21(30)14-12-19)26(20-8-4-3-5-9-20)27(36)32-17-22-10-6-7-15-31-22/h2-15,25-26H,1,16-18H2,(H,32,36)(H,33,38)/t25-,26+/m0/s1. The van der Waals surface area contributed by atoms with Crippen molar-refractivity contribution in [3.8, 4) is 0 Å². The number of hydrogen-bond donors (Lipinski definition) is 2. The predicted molar refractivity (Wildman–Crippen MR) is 139 cm³/mol. The minimum atomic E-state index is -0.951. The SMILES string of the molecule is C=CCN1C(=O)N[C@@H](c2ccc(F)cc2)C2=C1CN([C@@H](C(=O)NCc1ccccn1)c1ccccc1)C2=O. The molecule has 2 aromatic carbocycles. The molecule has 3 aromatic rings. The van der Waals surface area contributed by atoms with Crippen molar-refractivity contribution < 1.29 is 18.8 Å². The zero-order valence-corrected chi connectivity index (χ0v) is 20.5. The maximum absolute atomic E-state index is 14.0. The average molecular weight is 512 g/mol. The number of nitrogens with zero attached hydrogens (tertiary/aromatic N) is 3. The fourth-order valence-corrected chi connectivity index (χ4v) is 4.83. The summed E-state index contributed by atoms with van der Waals surface area (Å²) in [6.07, 6.45) is 3.22. The largest absolute Gasteiger partial charge is 0.348 e. The number of halogens is 1. The minimum Gasteiger partial charge on any atom is -0.348 e. The van der Waals surface area contributed by atoms with Gasteiger partial charge in [-0.25, -0.2) is 9.18 Å². The lowest BCUT2D eigenvalue weighted by Crippen LogP contribution is -2.47. The van der Waals surface area contributed by atoms with Crippen molar-refractivity contribution >= 4 is 17.8 Å². The number of rotatable bonds is 8. The van der Waals surface area contributed by atoms with Crippen LogP contribution >= 0.6 is 0 Å². The zero-order valence-electron chi connectivity index (χ0n) is 20.5. The Morgan fingerprint density at radius 2 is 1.84 bits per heavy atom. The normalized spacial score (nSPS) is 17.7. The summed E-state index contributed by atoms with van der Waals surface area (Å²) in [5, 5.41) is 5.77. The monoisotopic (exact) mass is 511 g/mol. The van der Waals surface area contributed by atoms with Crippen LogP contribution in [0, 0.1) is 5.82 Å². The number of nitrogens with one attached hydrogen (secondary N) is 2. The van der Waals surface area contributed by atoms with E-state index >= 15 is 0 Å². The summed E-state index contributed by atoms with van der Waals surface area (Å²) in [6, 6.07) is 18.0. The Hall–Kier alpha value is -4.79. The fraction of sp³-hybridized carbons (Fsp3) is 0.172. The summed E-state index contributed by atoms with van der Waals surface area (Å²) in [7, 11) is 0. The molecule has 0 unspecified atom stereocenters. The van der Waals surface area contributed by atoms with Crippen molar-refractivity contribution in [2.45, 2.75) is 18.6 Å². The van der Waals surface area contributed by atoms with Crippen molar-refractivity contribution in [1.29, 1.82) is 0 Å². The molecule has 38 heavy (non-hydrogen) atoms. The van der Waals surface area contributed by atoms with Gasteiger partial charge in [-0.1, -0.05) is 54.6 Å². The number of hydrogen-bond acceptors (Lipinski definition) is 4. The third-order valence-electron chi connectivity index (χ3n) is 6.61. The van der Waals surface area contributed by atoms with Gasteiger partial charge in [0, 0.05) is 12.7 Å². The van der Waals surface area contributed by atoms with Gasteiger partial charge in [-0.2, -0.15) is 0 Å². The smallest absolute Gasteiger partial charge is 0.322 e. The molecule has 2 N–H and O–H groups in total. The van der Waals surface area contributed by atoms with Crippen LogP contribution in [0.1, 0.15) is 28.9 Å². The number of benzene rings is 2. The lowest BCUT2D eigenvalue weighted by molar-refractivity contribution is -0.136. The van der Waals surface area contributed by atoms with Gasteiger partial charge < -0.3 is 15.5 Å². The molecular formula is C29H26FN5O3. The third kappa shape index (κ3) is 4.78. The van der Waals surface area contributed by atoms with Crippen molar-refractivity contribution in [1.82, 2.24) is 25.4 Å². The summed E-state index contributed by atoms with van der Waals surface area (Å²) >= 11 is 0. The van der Waals surface area contributed by atoms with Gasteiger partial charge in [0.25, 0.3) is 5.91 Å². The highest BCUT2D eigenvalue weighted by molar-refractivity contribution is 6.03. The highest BCUT2D eigenvalue weighted by Gasteiger charge is 2.47. The second kappa shape index (κ2) is 10.7. The molecule has 5 rings (SSSR count). The molecule has 2 aliphatic rings. The van der Waals surface area contributed by atoms with Gasteiger partial charge in [-0.3, -0.25) is 19.5 Å². The van der Waals surface area contributed by atoms with E-state index in [0.717, 1.165) is 0 Å². The first kappa shape index (κ1) is 24.9. The van der Waals surface area contributed by atoms with Crippen molar-refractivity contribution in [3.63, 3.8) is 0 Å².